The normalized spacial score (nSPS) is 30.2. The lowest BCUT2D eigenvalue weighted by Gasteiger charge is -2.37. The largest absolute Gasteiger partial charge is 0.481 e. The summed E-state index contributed by atoms with van der Waals surface area (Å²) in [4.78, 5) is 27.7. The molecule has 1 aromatic heterocycles. The van der Waals surface area contributed by atoms with Crippen LogP contribution in [0.3, 0.4) is 0 Å². The first-order valence-corrected chi connectivity index (χ1v) is 10.9. The van der Waals surface area contributed by atoms with Gasteiger partial charge < -0.3 is 14.7 Å². The van der Waals surface area contributed by atoms with E-state index in [-0.39, 0.29) is 29.1 Å². The third-order valence-corrected chi connectivity index (χ3v) is 7.89. The number of likely N-dealkylation sites (tertiary alicyclic amines) is 1. The summed E-state index contributed by atoms with van der Waals surface area (Å²) in [5.74, 6) is 0.365. The smallest absolute Gasteiger partial charge is 0.309 e. The molecule has 0 aliphatic carbocycles. The second-order valence-electron chi connectivity index (χ2n) is 7.03. The van der Waals surface area contributed by atoms with Gasteiger partial charge in [0.2, 0.25) is 5.91 Å². The Kier molecular flexibility index (Phi) is 5.06. The van der Waals surface area contributed by atoms with Gasteiger partial charge in [0.05, 0.1) is 12.0 Å². The van der Waals surface area contributed by atoms with Crippen LogP contribution in [0.2, 0.25) is 0 Å². The highest BCUT2D eigenvalue weighted by atomic mass is 32.2. The van der Waals surface area contributed by atoms with Gasteiger partial charge in [-0.2, -0.15) is 0 Å². The number of rotatable bonds is 3. The lowest BCUT2D eigenvalue weighted by atomic mass is 9.84. The minimum atomic E-state index is -0.746. The molecule has 0 bridgehead atoms. The number of thiophene rings is 1. The molecule has 3 aliphatic heterocycles. The molecule has 25 heavy (non-hydrogen) atoms. The second kappa shape index (κ2) is 7.29. The van der Waals surface area contributed by atoms with E-state index in [1.807, 2.05) is 4.90 Å². The first kappa shape index (κ1) is 17.4. The summed E-state index contributed by atoms with van der Waals surface area (Å²) in [6, 6.07) is 2.10. The average molecular weight is 382 g/mol. The van der Waals surface area contributed by atoms with E-state index in [1.165, 1.54) is 10.4 Å². The molecule has 2 fully saturated rings. The first-order chi connectivity index (χ1) is 12.1. The predicted molar refractivity (Wildman–Crippen MR) is 98.0 cm³/mol. The van der Waals surface area contributed by atoms with Gasteiger partial charge in [0, 0.05) is 24.6 Å². The molecular formula is C18H23NO4S2. The predicted octanol–water partition coefficient (Wildman–Crippen LogP) is 2.81. The van der Waals surface area contributed by atoms with Crippen LogP contribution in [-0.2, 0) is 20.7 Å². The number of carboxylic acids is 1. The summed E-state index contributed by atoms with van der Waals surface area (Å²) >= 11 is 3.51. The van der Waals surface area contributed by atoms with Crippen LogP contribution in [0.15, 0.2) is 11.4 Å². The van der Waals surface area contributed by atoms with Crippen LogP contribution in [0, 0.1) is 11.8 Å². The number of carbonyl (C=O) groups excluding carboxylic acids is 1. The fourth-order valence-electron chi connectivity index (χ4n) is 4.31. The molecule has 3 atom stereocenters. The van der Waals surface area contributed by atoms with Crippen molar-refractivity contribution in [2.75, 3.05) is 25.4 Å². The minimum absolute atomic E-state index is 0.0546. The van der Waals surface area contributed by atoms with Crippen LogP contribution < -0.4 is 0 Å². The number of nitrogens with zero attached hydrogens (tertiary/aromatic N) is 1. The fraction of sp³-hybridized carbons (Fsp3) is 0.667. The highest BCUT2D eigenvalue weighted by molar-refractivity contribution is 8.00. The molecule has 7 heteroatoms. The van der Waals surface area contributed by atoms with Crippen molar-refractivity contribution < 1.29 is 19.4 Å². The average Bonchev–Trinajstić information content (AvgIpc) is 3.30. The number of carbonyl (C=O) groups is 2. The van der Waals surface area contributed by atoms with Crippen molar-refractivity contribution in [2.45, 2.75) is 37.0 Å². The maximum absolute atomic E-state index is 13.0. The third kappa shape index (κ3) is 3.34. The zero-order valence-corrected chi connectivity index (χ0v) is 15.7. The molecule has 1 amide bonds. The van der Waals surface area contributed by atoms with Crippen LogP contribution in [0.25, 0.3) is 0 Å². The molecule has 4 rings (SSSR count). The lowest BCUT2D eigenvalue weighted by Crippen LogP contribution is -2.44. The fourth-order valence-corrected chi connectivity index (χ4v) is 6.68. The van der Waals surface area contributed by atoms with Crippen LogP contribution in [-0.4, -0.2) is 53.4 Å². The number of carboxylic acid groups (broad SMARTS) is 1. The molecule has 3 aliphatic rings. The van der Waals surface area contributed by atoms with Crippen LogP contribution in [0.4, 0.5) is 0 Å². The lowest BCUT2D eigenvalue weighted by molar-refractivity contribution is -0.146. The summed E-state index contributed by atoms with van der Waals surface area (Å²) in [7, 11) is 0. The second-order valence-corrected chi connectivity index (χ2v) is 9.25. The molecule has 2 unspecified atom stereocenters. The Hall–Kier alpha value is -1.05. The van der Waals surface area contributed by atoms with Gasteiger partial charge in [0.1, 0.15) is 5.25 Å². The van der Waals surface area contributed by atoms with Crippen molar-refractivity contribution in [2.24, 2.45) is 11.8 Å². The van der Waals surface area contributed by atoms with E-state index in [4.69, 9.17) is 4.74 Å². The van der Waals surface area contributed by atoms with Crippen molar-refractivity contribution in [1.29, 1.82) is 0 Å². The standard InChI is InChI=1S/C18H23NO4S2/c20-17(16-12-4-9-24-14(12)5-10-25-16)19-6-1-11(2-7-19)15-13(18(21)22)3-8-23-15/h4,9,11,13,15-16H,1-3,5-8,10H2,(H,21,22)/t13?,15-,16?/m0/s1. The Morgan fingerprint density at radius 1 is 1.24 bits per heavy atom. The Bertz CT molecular complexity index is 653. The summed E-state index contributed by atoms with van der Waals surface area (Å²) in [6.07, 6.45) is 3.18. The van der Waals surface area contributed by atoms with Crippen LogP contribution in [0.5, 0.6) is 0 Å². The number of thioether (sulfide) groups is 1. The van der Waals surface area contributed by atoms with Gasteiger partial charge in [0.15, 0.2) is 0 Å². The first-order valence-electron chi connectivity index (χ1n) is 8.96. The van der Waals surface area contributed by atoms with Crippen LogP contribution >= 0.6 is 23.1 Å². The number of ether oxygens (including phenoxy) is 1. The highest BCUT2D eigenvalue weighted by Crippen LogP contribution is 2.41. The van der Waals surface area contributed by atoms with E-state index >= 15 is 0 Å². The van der Waals surface area contributed by atoms with E-state index in [2.05, 4.69) is 11.4 Å². The molecule has 0 spiro atoms. The Balaban J connectivity index is 1.38. The molecule has 1 aromatic rings. The number of hydrogen-bond acceptors (Lipinski definition) is 5. The van der Waals surface area contributed by atoms with Gasteiger partial charge in [-0.15, -0.1) is 23.1 Å². The molecule has 136 valence electrons. The van der Waals surface area contributed by atoms with Crippen LogP contribution in [0.1, 0.15) is 35.0 Å². The van der Waals surface area contributed by atoms with Gasteiger partial charge in [-0.1, -0.05) is 0 Å². The van der Waals surface area contributed by atoms with E-state index in [0.29, 0.717) is 26.1 Å². The Morgan fingerprint density at radius 3 is 2.80 bits per heavy atom. The Morgan fingerprint density at radius 2 is 2.04 bits per heavy atom. The van der Waals surface area contributed by atoms with Crippen molar-refractivity contribution in [1.82, 2.24) is 4.90 Å². The molecular weight excluding hydrogens is 358 g/mol. The molecule has 0 saturated carbocycles. The topological polar surface area (TPSA) is 66.8 Å². The zero-order valence-electron chi connectivity index (χ0n) is 14.1. The van der Waals surface area contributed by atoms with E-state index < -0.39 is 5.97 Å². The van der Waals surface area contributed by atoms with Crippen molar-refractivity contribution in [3.63, 3.8) is 0 Å². The summed E-state index contributed by atoms with van der Waals surface area (Å²) in [5, 5.41) is 11.4. The van der Waals surface area contributed by atoms with Crippen molar-refractivity contribution in [3.05, 3.63) is 21.9 Å². The molecule has 4 heterocycles. The van der Waals surface area contributed by atoms with Gasteiger partial charge >= 0.3 is 5.97 Å². The quantitative estimate of drug-likeness (QED) is 0.872. The molecule has 0 radical (unpaired) electrons. The Labute approximate surface area is 155 Å². The molecule has 0 aromatic carbocycles. The van der Waals surface area contributed by atoms with Gasteiger partial charge in [-0.3, -0.25) is 9.59 Å². The number of amides is 1. The zero-order chi connectivity index (χ0) is 17.4. The molecule has 1 N–H and O–H groups in total. The number of piperidine rings is 1. The van der Waals surface area contributed by atoms with E-state index in [9.17, 15) is 14.7 Å². The minimum Gasteiger partial charge on any atom is -0.481 e. The maximum Gasteiger partial charge on any atom is 0.309 e. The van der Waals surface area contributed by atoms with E-state index in [0.717, 1.165) is 25.0 Å². The number of fused-ring (bicyclic) bond motifs is 1. The SMILES string of the molecule is O=C(O)C1CCO[C@H]1C1CCN(C(=O)C2SCCc3sccc32)CC1. The maximum atomic E-state index is 13.0. The molecule has 2 saturated heterocycles. The van der Waals surface area contributed by atoms with Gasteiger partial charge in [-0.25, -0.2) is 0 Å². The highest BCUT2D eigenvalue weighted by Gasteiger charge is 2.41. The van der Waals surface area contributed by atoms with Gasteiger partial charge in [0.25, 0.3) is 0 Å². The summed E-state index contributed by atoms with van der Waals surface area (Å²) < 4.78 is 5.73. The monoisotopic (exact) mass is 381 g/mol. The van der Waals surface area contributed by atoms with Crippen molar-refractivity contribution in [3.8, 4) is 0 Å². The molecule has 5 nitrogen and oxygen atoms in total. The van der Waals surface area contributed by atoms with Crippen molar-refractivity contribution >= 4 is 35.0 Å². The number of aliphatic carboxylic acids is 1. The third-order valence-electron chi connectivity index (χ3n) is 5.67. The number of aryl methyl sites for hydroxylation is 1. The summed E-state index contributed by atoms with van der Waals surface area (Å²) in [6.45, 7) is 1.97. The van der Waals surface area contributed by atoms with E-state index in [1.54, 1.807) is 23.1 Å². The van der Waals surface area contributed by atoms with Gasteiger partial charge in [-0.05, 0) is 54.4 Å². The summed E-state index contributed by atoms with van der Waals surface area (Å²) in [5.41, 5.74) is 1.21. The number of hydrogen-bond donors (Lipinski definition) is 1.